The zero-order chi connectivity index (χ0) is 18.0. The second-order valence-electron chi connectivity index (χ2n) is 6.34. The third-order valence-electron chi connectivity index (χ3n) is 4.69. The third-order valence-corrected chi connectivity index (χ3v) is 4.69. The van der Waals surface area contributed by atoms with Gasteiger partial charge in [0.1, 0.15) is 11.5 Å². The Bertz CT molecular complexity index is 795. The summed E-state index contributed by atoms with van der Waals surface area (Å²) in [5.41, 5.74) is 1.34. The van der Waals surface area contributed by atoms with Crippen LogP contribution in [0.5, 0.6) is 0 Å². The molecule has 6 nitrogen and oxygen atoms in total. The minimum absolute atomic E-state index is 0.115. The van der Waals surface area contributed by atoms with Gasteiger partial charge < -0.3 is 10.0 Å². The summed E-state index contributed by atoms with van der Waals surface area (Å²) in [4.78, 5) is 25.2. The summed E-state index contributed by atoms with van der Waals surface area (Å²) in [5.74, 6) is -1.23. The number of carbonyl (C=O) groups excluding carboxylic acids is 1. The van der Waals surface area contributed by atoms with Crippen LogP contribution in [0.4, 0.5) is 4.39 Å². The summed E-state index contributed by atoms with van der Waals surface area (Å²) in [6.07, 6.45) is 2.97. The van der Waals surface area contributed by atoms with E-state index in [9.17, 15) is 14.0 Å². The molecule has 0 unspecified atom stereocenters. The average Bonchev–Trinajstić information content (AvgIpc) is 2.96. The zero-order valence-electron chi connectivity index (χ0n) is 14.0. The minimum Gasteiger partial charge on any atom is -0.481 e. The Labute approximate surface area is 144 Å². The Kier molecular flexibility index (Phi) is 4.83. The molecule has 1 saturated heterocycles. The molecule has 1 aliphatic heterocycles. The number of carbonyl (C=O) groups is 2. The highest BCUT2D eigenvalue weighted by Crippen LogP contribution is 2.23. The second-order valence-corrected chi connectivity index (χ2v) is 6.34. The van der Waals surface area contributed by atoms with Crippen molar-refractivity contribution in [2.45, 2.75) is 26.2 Å². The fourth-order valence-corrected chi connectivity index (χ4v) is 3.24. The number of amides is 1. The van der Waals surface area contributed by atoms with Gasteiger partial charge in [-0.05, 0) is 37.8 Å². The molecule has 1 N–H and O–H groups in total. The molecule has 0 spiro atoms. The molecule has 1 amide bonds. The smallest absolute Gasteiger partial charge is 0.303 e. The monoisotopic (exact) mass is 345 g/mol. The zero-order valence-corrected chi connectivity index (χ0v) is 14.0. The van der Waals surface area contributed by atoms with E-state index in [0.29, 0.717) is 42.9 Å². The Morgan fingerprint density at radius 1 is 1.28 bits per heavy atom. The quantitative estimate of drug-likeness (QED) is 0.924. The second kappa shape index (κ2) is 7.04. The van der Waals surface area contributed by atoms with E-state index < -0.39 is 11.8 Å². The number of aliphatic carboxylic acids is 1. The number of carboxylic acids is 1. The van der Waals surface area contributed by atoms with Crippen LogP contribution in [0.1, 0.15) is 35.3 Å². The summed E-state index contributed by atoms with van der Waals surface area (Å²) in [5, 5.41) is 13.0. The molecule has 0 radical (unpaired) electrons. The van der Waals surface area contributed by atoms with E-state index in [1.54, 1.807) is 30.0 Å². The molecule has 132 valence electrons. The predicted octanol–water partition coefficient (Wildman–Crippen LogP) is 2.65. The molecule has 1 aromatic heterocycles. The lowest BCUT2D eigenvalue weighted by Crippen LogP contribution is -2.39. The van der Waals surface area contributed by atoms with Crippen LogP contribution in [0.25, 0.3) is 5.69 Å². The Hall–Kier alpha value is -2.70. The van der Waals surface area contributed by atoms with Crippen molar-refractivity contribution < 1.29 is 19.1 Å². The van der Waals surface area contributed by atoms with Crippen molar-refractivity contribution in [2.24, 2.45) is 5.92 Å². The number of hydrogen-bond acceptors (Lipinski definition) is 3. The number of rotatable bonds is 4. The van der Waals surface area contributed by atoms with Gasteiger partial charge in [0.05, 0.1) is 17.5 Å². The van der Waals surface area contributed by atoms with E-state index >= 15 is 0 Å². The standard InChI is InChI=1S/C18H20FN3O3/c1-12-14(11-20-22(12)16-5-3-2-4-15(16)19)18(25)21-8-6-13(7-9-21)10-17(23)24/h2-5,11,13H,6-10H2,1H3,(H,23,24). The third kappa shape index (κ3) is 3.55. The molecule has 2 heterocycles. The number of benzene rings is 1. The molecular weight excluding hydrogens is 325 g/mol. The molecule has 7 heteroatoms. The Morgan fingerprint density at radius 3 is 2.60 bits per heavy atom. The van der Waals surface area contributed by atoms with Gasteiger partial charge in [0.2, 0.25) is 0 Å². The van der Waals surface area contributed by atoms with Gasteiger partial charge >= 0.3 is 5.97 Å². The highest BCUT2D eigenvalue weighted by molar-refractivity contribution is 5.95. The first-order chi connectivity index (χ1) is 12.0. The van der Waals surface area contributed by atoms with Gasteiger partial charge in [-0.2, -0.15) is 5.10 Å². The summed E-state index contributed by atoms with van der Waals surface area (Å²) in [7, 11) is 0. The summed E-state index contributed by atoms with van der Waals surface area (Å²) in [6.45, 7) is 2.80. The highest BCUT2D eigenvalue weighted by atomic mass is 19.1. The summed E-state index contributed by atoms with van der Waals surface area (Å²) in [6, 6.07) is 6.28. The van der Waals surface area contributed by atoms with Gasteiger partial charge in [-0.1, -0.05) is 12.1 Å². The van der Waals surface area contributed by atoms with Gasteiger partial charge in [0.25, 0.3) is 5.91 Å². The molecule has 0 atom stereocenters. The van der Waals surface area contributed by atoms with Crippen molar-refractivity contribution in [3.05, 3.63) is 47.5 Å². The van der Waals surface area contributed by atoms with Gasteiger partial charge in [-0.15, -0.1) is 0 Å². The van der Waals surface area contributed by atoms with Crippen LogP contribution >= 0.6 is 0 Å². The number of nitrogens with zero attached hydrogens (tertiary/aromatic N) is 3. The molecule has 0 saturated carbocycles. The normalized spacial score (nSPS) is 15.4. The van der Waals surface area contributed by atoms with Crippen LogP contribution in [-0.4, -0.2) is 44.8 Å². The maximum atomic E-state index is 14.0. The lowest BCUT2D eigenvalue weighted by atomic mass is 9.93. The van der Waals surface area contributed by atoms with Crippen LogP contribution in [0.3, 0.4) is 0 Å². The Balaban J connectivity index is 1.74. The Morgan fingerprint density at radius 2 is 1.96 bits per heavy atom. The topological polar surface area (TPSA) is 75.4 Å². The number of halogens is 1. The van der Waals surface area contributed by atoms with Crippen molar-refractivity contribution in [3.8, 4) is 5.69 Å². The van der Waals surface area contributed by atoms with E-state index in [0.717, 1.165) is 0 Å². The lowest BCUT2D eigenvalue weighted by Gasteiger charge is -2.31. The van der Waals surface area contributed by atoms with Crippen LogP contribution in [0.15, 0.2) is 30.5 Å². The number of piperidine rings is 1. The van der Waals surface area contributed by atoms with Crippen LogP contribution in [-0.2, 0) is 4.79 Å². The van der Waals surface area contributed by atoms with E-state index in [1.807, 2.05) is 0 Å². The van der Waals surface area contributed by atoms with Crippen LogP contribution < -0.4 is 0 Å². The molecule has 2 aromatic rings. The molecule has 0 aliphatic carbocycles. The van der Waals surface area contributed by atoms with Gasteiger partial charge in [-0.3, -0.25) is 9.59 Å². The first-order valence-corrected chi connectivity index (χ1v) is 8.28. The molecule has 25 heavy (non-hydrogen) atoms. The van der Waals surface area contributed by atoms with E-state index in [4.69, 9.17) is 5.11 Å². The minimum atomic E-state index is -0.799. The van der Waals surface area contributed by atoms with Crippen molar-refractivity contribution in [3.63, 3.8) is 0 Å². The maximum absolute atomic E-state index is 14.0. The van der Waals surface area contributed by atoms with Crippen molar-refractivity contribution in [1.29, 1.82) is 0 Å². The van der Waals surface area contributed by atoms with Crippen molar-refractivity contribution >= 4 is 11.9 Å². The maximum Gasteiger partial charge on any atom is 0.303 e. The van der Waals surface area contributed by atoms with Crippen molar-refractivity contribution in [2.75, 3.05) is 13.1 Å². The summed E-state index contributed by atoms with van der Waals surface area (Å²) >= 11 is 0. The van der Waals surface area contributed by atoms with Gasteiger partial charge in [0, 0.05) is 19.5 Å². The SMILES string of the molecule is Cc1c(C(=O)N2CCC(CC(=O)O)CC2)cnn1-c1ccccc1F. The number of para-hydroxylation sites is 1. The predicted molar refractivity (Wildman–Crippen MR) is 89.1 cm³/mol. The number of likely N-dealkylation sites (tertiary alicyclic amines) is 1. The fourth-order valence-electron chi connectivity index (χ4n) is 3.24. The fraction of sp³-hybridized carbons (Fsp3) is 0.389. The van der Waals surface area contributed by atoms with Crippen LogP contribution in [0, 0.1) is 18.7 Å². The number of aromatic nitrogens is 2. The van der Waals surface area contributed by atoms with Crippen LogP contribution in [0.2, 0.25) is 0 Å². The first kappa shape index (κ1) is 17.1. The largest absolute Gasteiger partial charge is 0.481 e. The molecule has 1 aromatic carbocycles. The van der Waals surface area contributed by atoms with E-state index in [1.165, 1.54) is 16.9 Å². The lowest BCUT2D eigenvalue weighted by molar-refractivity contribution is -0.138. The van der Waals surface area contributed by atoms with E-state index in [2.05, 4.69) is 5.10 Å². The molecule has 3 rings (SSSR count). The molecule has 1 fully saturated rings. The molecular formula is C18H20FN3O3. The average molecular weight is 345 g/mol. The summed E-state index contributed by atoms with van der Waals surface area (Å²) < 4.78 is 15.4. The molecule has 0 bridgehead atoms. The van der Waals surface area contributed by atoms with Crippen molar-refractivity contribution in [1.82, 2.24) is 14.7 Å². The number of carboxylic acid groups (broad SMARTS) is 1. The first-order valence-electron chi connectivity index (χ1n) is 8.28. The van der Waals surface area contributed by atoms with Gasteiger partial charge in [0.15, 0.2) is 0 Å². The van der Waals surface area contributed by atoms with Gasteiger partial charge in [-0.25, -0.2) is 9.07 Å². The number of hydrogen-bond donors (Lipinski definition) is 1. The molecule has 1 aliphatic rings. The highest BCUT2D eigenvalue weighted by Gasteiger charge is 2.27. The van der Waals surface area contributed by atoms with E-state index in [-0.39, 0.29) is 18.2 Å².